The zero-order valence-corrected chi connectivity index (χ0v) is 6.57. The van der Waals surface area contributed by atoms with Gasteiger partial charge in [-0.2, -0.15) is 5.21 Å². The standard InChI is InChI=1S/C4H6N6O2.H3N/c5-3(11)1-2(4(12)7-6)9-10-8-1;/h6H2,(H2,5,11)(H,7,12)(H,8,9,10);1H3. The van der Waals surface area contributed by atoms with Crippen LogP contribution in [0.1, 0.15) is 21.0 Å². The van der Waals surface area contributed by atoms with Crippen LogP contribution in [-0.2, 0) is 0 Å². The molecule has 0 bridgehead atoms. The van der Waals surface area contributed by atoms with E-state index in [2.05, 4.69) is 15.4 Å². The summed E-state index contributed by atoms with van der Waals surface area (Å²) in [7, 11) is 0. The van der Waals surface area contributed by atoms with Crippen molar-refractivity contribution < 1.29 is 9.59 Å². The molecule has 0 aliphatic heterocycles. The summed E-state index contributed by atoms with van der Waals surface area (Å²) in [4.78, 5) is 21.4. The first-order chi connectivity index (χ1) is 5.66. The summed E-state index contributed by atoms with van der Waals surface area (Å²) in [5.41, 5.74) is 6.21. The van der Waals surface area contributed by atoms with Crippen molar-refractivity contribution in [2.24, 2.45) is 11.6 Å². The van der Waals surface area contributed by atoms with Gasteiger partial charge < -0.3 is 11.9 Å². The van der Waals surface area contributed by atoms with Crippen LogP contribution < -0.4 is 23.2 Å². The van der Waals surface area contributed by atoms with Crippen LogP contribution in [-0.4, -0.2) is 27.2 Å². The summed E-state index contributed by atoms with van der Waals surface area (Å²) < 4.78 is 0. The van der Waals surface area contributed by atoms with Crippen molar-refractivity contribution in [1.29, 1.82) is 0 Å². The molecule has 1 aromatic rings. The molecular weight excluding hydrogens is 178 g/mol. The van der Waals surface area contributed by atoms with Crippen molar-refractivity contribution in [3.63, 3.8) is 0 Å². The fraction of sp³-hybridized carbons (Fsp3) is 0. The Morgan fingerprint density at radius 3 is 2.31 bits per heavy atom. The minimum Gasteiger partial charge on any atom is -0.364 e. The van der Waals surface area contributed by atoms with Crippen LogP contribution in [0.2, 0.25) is 0 Å². The molecule has 2 amide bonds. The Kier molecular flexibility index (Phi) is 3.50. The van der Waals surface area contributed by atoms with E-state index in [1.165, 1.54) is 0 Å². The van der Waals surface area contributed by atoms with E-state index >= 15 is 0 Å². The smallest absolute Gasteiger partial charge is 0.288 e. The van der Waals surface area contributed by atoms with Gasteiger partial charge in [-0.05, 0) is 0 Å². The van der Waals surface area contributed by atoms with E-state index in [4.69, 9.17) is 11.6 Å². The molecule has 0 aliphatic carbocycles. The number of nitrogens with one attached hydrogen (secondary N) is 2. The van der Waals surface area contributed by atoms with Crippen molar-refractivity contribution in [1.82, 2.24) is 27.0 Å². The van der Waals surface area contributed by atoms with Gasteiger partial charge in [-0.25, -0.2) is 5.84 Å². The van der Waals surface area contributed by atoms with E-state index in [9.17, 15) is 9.59 Å². The second-order valence-electron chi connectivity index (χ2n) is 1.86. The first-order valence-corrected chi connectivity index (χ1v) is 2.88. The van der Waals surface area contributed by atoms with Gasteiger partial charge in [0.25, 0.3) is 11.8 Å². The summed E-state index contributed by atoms with van der Waals surface area (Å²) in [6.45, 7) is 0. The number of nitrogens with two attached hydrogens (primary N) is 2. The van der Waals surface area contributed by atoms with Gasteiger partial charge >= 0.3 is 0 Å². The third kappa shape index (κ3) is 1.98. The molecule has 1 rings (SSSR count). The number of aromatic nitrogens is 3. The van der Waals surface area contributed by atoms with E-state index in [-0.39, 0.29) is 17.5 Å². The lowest BCUT2D eigenvalue weighted by Crippen LogP contribution is -2.32. The average molecular weight is 187 g/mol. The van der Waals surface area contributed by atoms with Gasteiger partial charge in [0.1, 0.15) is 0 Å². The van der Waals surface area contributed by atoms with Crippen molar-refractivity contribution in [2.45, 2.75) is 0 Å². The van der Waals surface area contributed by atoms with Gasteiger partial charge in [-0.15, -0.1) is 10.2 Å². The third-order valence-electron chi connectivity index (χ3n) is 1.13. The number of carbonyl (C=O) groups is 2. The van der Waals surface area contributed by atoms with Crippen molar-refractivity contribution >= 4 is 11.8 Å². The van der Waals surface area contributed by atoms with E-state index < -0.39 is 11.8 Å². The summed E-state index contributed by atoms with van der Waals surface area (Å²) in [5.74, 6) is 3.23. The van der Waals surface area contributed by atoms with Crippen LogP contribution in [0.3, 0.4) is 0 Å². The molecule has 0 atom stereocenters. The predicted molar refractivity (Wildman–Crippen MR) is 41.6 cm³/mol. The third-order valence-corrected chi connectivity index (χ3v) is 1.13. The lowest BCUT2D eigenvalue weighted by molar-refractivity contribution is 0.0931. The lowest BCUT2D eigenvalue weighted by atomic mass is 10.3. The van der Waals surface area contributed by atoms with Gasteiger partial charge in [-0.1, -0.05) is 0 Å². The van der Waals surface area contributed by atoms with Gasteiger partial charge in [0.2, 0.25) is 0 Å². The molecule has 9 nitrogen and oxygen atoms in total. The Balaban J connectivity index is 0.00000144. The molecule has 0 unspecified atom stereocenters. The highest BCUT2D eigenvalue weighted by molar-refractivity contribution is 6.03. The molecule has 0 radical (unpaired) electrons. The molecule has 1 heterocycles. The van der Waals surface area contributed by atoms with E-state index in [0.717, 1.165) is 0 Å². The number of hydrazine groups is 1. The van der Waals surface area contributed by atoms with Crippen molar-refractivity contribution in [3.8, 4) is 0 Å². The van der Waals surface area contributed by atoms with Crippen molar-refractivity contribution in [2.75, 3.05) is 0 Å². The quantitative estimate of drug-likeness (QED) is 0.197. The normalized spacial score (nSPS) is 8.69. The van der Waals surface area contributed by atoms with Crippen LogP contribution in [0.25, 0.3) is 0 Å². The van der Waals surface area contributed by atoms with E-state index in [0.29, 0.717) is 0 Å². The number of amides is 2. The van der Waals surface area contributed by atoms with Crippen molar-refractivity contribution in [3.05, 3.63) is 11.4 Å². The highest BCUT2D eigenvalue weighted by atomic mass is 16.2. The molecule has 0 saturated heterocycles. The number of nitrogens with zero attached hydrogens (tertiary/aromatic N) is 2. The maximum absolute atomic E-state index is 10.8. The van der Waals surface area contributed by atoms with Crippen LogP contribution in [0.4, 0.5) is 0 Å². The summed E-state index contributed by atoms with van der Waals surface area (Å²) in [6.07, 6.45) is 0. The zero-order chi connectivity index (χ0) is 9.14. The van der Waals surface area contributed by atoms with Crippen LogP contribution in [0.15, 0.2) is 0 Å². The Morgan fingerprint density at radius 1 is 1.31 bits per heavy atom. The largest absolute Gasteiger partial charge is 0.364 e. The minimum absolute atomic E-state index is 0. The maximum Gasteiger partial charge on any atom is 0.288 e. The Morgan fingerprint density at radius 2 is 1.85 bits per heavy atom. The topological polar surface area (TPSA) is 175 Å². The second-order valence-corrected chi connectivity index (χ2v) is 1.86. The van der Waals surface area contributed by atoms with Gasteiger partial charge in [0.15, 0.2) is 11.4 Å². The summed E-state index contributed by atoms with van der Waals surface area (Å²) in [6, 6.07) is 0. The molecular formula is C4H9N7O2. The second kappa shape index (κ2) is 4.13. The molecule has 13 heavy (non-hydrogen) atoms. The van der Waals surface area contributed by atoms with E-state index in [1.54, 1.807) is 5.43 Å². The number of hydrogen-bond acceptors (Lipinski definition) is 6. The Labute approximate surface area is 72.4 Å². The predicted octanol–water partition coefficient (Wildman–Crippen LogP) is -2.33. The molecule has 0 spiro atoms. The molecule has 0 saturated carbocycles. The first-order valence-electron chi connectivity index (χ1n) is 2.88. The fourth-order valence-corrected chi connectivity index (χ4v) is 0.629. The molecule has 0 fully saturated rings. The number of carbonyl (C=O) groups excluding carboxylic acids is 2. The fourth-order valence-electron chi connectivity index (χ4n) is 0.629. The summed E-state index contributed by atoms with van der Waals surface area (Å²) >= 11 is 0. The lowest BCUT2D eigenvalue weighted by Gasteiger charge is -1.93. The highest BCUT2D eigenvalue weighted by Crippen LogP contribution is 1.97. The monoisotopic (exact) mass is 187 g/mol. The number of H-pyrrole nitrogens is 1. The maximum atomic E-state index is 10.8. The minimum atomic E-state index is -0.845. The molecule has 0 aromatic carbocycles. The van der Waals surface area contributed by atoms with Gasteiger partial charge in [0.05, 0.1) is 0 Å². The zero-order valence-electron chi connectivity index (χ0n) is 6.57. The van der Waals surface area contributed by atoms with Gasteiger partial charge in [0, 0.05) is 0 Å². The SMILES string of the molecule is N.NNC(=O)c1n[nH]nc1C(N)=O. The first kappa shape index (κ1) is 11.0. The molecule has 9 heteroatoms. The van der Waals surface area contributed by atoms with Crippen LogP contribution >= 0.6 is 0 Å². The number of aromatic amines is 1. The number of hydrogen-bond donors (Lipinski definition) is 5. The molecule has 0 aliphatic rings. The van der Waals surface area contributed by atoms with Crippen LogP contribution in [0.5, 0.6) is 0 Å². The average Bonchev–Trinajstić information content (AvgIpc) is 2.50. The Hall–Kier alpha value is -2.00. The number of rotatable bonds is 2. The Bertz CT molecular complexity index is 318. The number of primary amides is 1. The van der Waals surface area contributed by atoms with E-state index in [1.807, 2.05) is 0 Å². The molecule has 72 valence electrons. The molecule has 1 aromatic heterocycles. The number of nitrogen functional groups attached to an aromatic ring is 1. The summed E-state index contributed by atoms with van der Waals surface area (Å²) in [5, 5.41) is 8.81. The van der Waals surface area contributed by atoms with Crippen LogP contribution in [0, 0.1) is 0 Å². The highest BCUT2D eigenvalue weighted by Gasteiger charge is 2.18. The van der Waals surface area contributed by atoms with Gasteiger partial charge in [-0.3, -0.25) is 15.0 Å². The molecule has 9 N–H and O–H groups in total.